The molecule has 128 valence electrons. The molecular weight excluding hydrogens is 426 g/mol. The van der Waals surface area contributed by atoms with Gasteiger partial charge in [-0.2, -0.15) is 0 Å². The van der Waals surface area contributed by atoms with Crippen LogP contribution in [0.4, 0.5) is 0 Å². The average molecular weight is 449 g/mol. The largest absolute Gasteiger partial charge is 1.00 e. The summed E-state index contributed by atoms with van der Waals surface area (Å²) in [6, 6.07) is 14.2. The zero-order chi connectivity index (χ0) is 15.6. The van der Waals surface area contributed by atoms with E-state index < -0.39 is 20.3 Å². The quantitative estimate of drug-likeness (QED) is 0.614. The van der Waals surface area contributed by atoms with E-state index in [1.54, 1.807) is 19.4 Å². The molecule has 2 unspecified atom stereocenters. The van der Waals surface area contributed by atoms with Gasteiger partial charge >= 0.3 is 144 Å². The molecule has 0 spiro atoms. The molecule has 2 aliphatic carbocycles. The number of fused-ring (bicyclic) bond motifs is 2. The normalized spacial score (nSPS) is 22.2. The summed E-state index contributed by atoms with van der Waals surface area (Å²) in [6.07, 6.45) is 9.93. The number of rotatable bonds is 2. The van der Waals surface area contributed by atoms with Crippen molar-refractivity contribution in [3.05, 3.63) is 81.9 Å². The van der Waals surface area contributed by atoms with Crippen LogP contribution in [0.5, 0.6) is 0 Å². The maximum atomic E-state index is 2.56. The first-order chi connectivity index (χ1) is 11.2. The van der Waals surface area contributed by atoms with Crippen molar-refractivity contribution in [1.29, 1.82) is 0 Å². The molecule has 0 radical (unpaired) electrons. The molecule has 2 atom stereocenters. The smallest absolute Gasteiger partial charge is 1.00 e. The Morgan fingerprint density at radius 3 is 1.56 bits per heavy atom. The SMILES string of the molecule is Cc1ccc2c(c1)C=C[CH]2[Zr+2]1([CH]2C=Cc3cc(C)ccc32)[CH2][CH2]1.[Cl-].[Cl-]. The van der Waals surface area contributed by atoms with Gasteiger partial charge < -0.3 is 24.8 Å². The van der Waals surface area contributed by atoms with Crippen molar-refractivity contribution in [2.75, 3.05) is 0 Å². The van der Waals surface area contributed by atoms with Crippen molar-refractivity contribution in [3.8, 4) is 0 Å². The minimum Gasteiger partial charge on any atom is -1.00 e. The van der Waals surface area contributed by atoms with Crippen molar-refractivity contribution in [2.45, 2.75) is 29.4 Å². The molecule has 0 bridgehead atoms. The summed E-state index contributed by atoms with van der Waals surface area (Å²) in [5.74, 6) is 0. The molecule has 1 saturated heterocycles. The zero-order valence-corrected chi connectivity index (χ0v) is 18.6. The third-order valence-electron chi connectivity index (χ3n) is 6.16. The Hall–Kier alpha value is -0.617. The van der Waals surface area contributed by atoms with E-state index in [2.05, 4.69) is 74.5 Å². The molecule has 1 aliphatic heterocycles. The van der Waals surface area contributed by atoms with Gasteiger partial charge in [0.2, 0.25) is 0 Å². The van der Waals surface area contributed by atoms with Crippen LogP contribution in [0.2, 0.25) is 8.26 Å². The number of hydrogen-bond acceptors (Lipinski definition) is 0. The summed E-state index contributed by atoms with van der Waals surface area (Å²) in [7, 11) is 0. The third-order valence-corrected chi connectivity index (χ3v) is 18.8. The standard InChI is InChI=1S/2C10H9.C2H4.2ClH.Zr/c2*1-8-5-6-9-3-2-4-10(9)7-8;1-2;;;/h2*2-7H,1H3;1-2H2;2*1H;/q;;;;;+2/p-2. The molecule has 2 aromatic carbocycles. The Labute approximate surface area is 167 Å². The van der Waals surface area contributed by atoms with E-state index in [1.807, 2.05) is 0 Å². The monoisotopic (exact) mass is 446 g/mol. The summed E-state index contributed by atoms with van der Waals surface area (Å²) in [4.78, 5) is 0. The summed E-state index contributed by atoms with van der Waals surface area (Å²) in [5, 5.41) is 0. The molecule has 25 heavy (non-hydrogen) atoms. The van der Waals surface area contributed by atoms with E-state index in [4.69, 9.17) is 0 Å². The van der Waals surface area contributed by atoms with E-state index in [9.17, 15) is 0 Å². The Balaban J connectivity index is 0.000000911. The molecule has 0 amide bonds. The summed E-state index contributed by atoms with van der Waals surface area (Å²) in [5.41, 5.74) is 9.02. The predicted octanol–water partition coefficient (Wildman–Crippen LogP) is 0.152. The van der Waals surface area contributed by atoms with Crippen LogP contribution in [0.15, 0.2) is 48.6 Å². The first-order valence-electron chi connectivity index (χ1n) is 8.75. The summed E-state index contributed by atoms with van der Waals surface area (Å²) < 4.78 is 4.70. The fourth-order valence-electron chi connectivity index (χ4n) is 4.81. The van der Waals surface area contributed by atoms with Gasteiger partial charge in [-0.15, -0.1) is 0 Å². The minimum absolute atomic E-state index is 0. The van der Waals surface area contributed by atoms with E-state index in [0.717, 1.165) is 7.25 Å². The van der Waals surface area contributed by atoms with Crippen LogP contribution in [-0.4, -0.2) is 0 Å². The van der Waals surface area contributed by atoms with Gasteiger partial charge in [0.25, 0.3) is 0 Å². The molecule has 2 aromatic rings. The van der Waals surface area contributed by atoms with Crippen LogP contribution in [0.3, 0.4) is 0 Å². The van der Waals surface area contributed by atoms with E-state index in [0.29, 0.717) is 0 Å². The Bertz CT molecular complexity index is 808. The van der Waals surface area contributed by atoms with Crippen LogP contribution in [0.1, 0.15) is 40.6 Å². The van der Waals surface area contributed by atoms with Gasteiger partial charge in [0.15, 0.2) is 0 Å². The number of aryl methyl sites for hydroxylation is 2. The van der Waals surface area contributed by atoms with E-state index in [1.165, 1.54) is 22.3 Å². The van der Waals surface area contributed by atoms with Gasteiger partial charge in [-0.1, -0.05) is 0 Å². The second-order valence-corrected chi connectivity index (χ2v) is 19.2. The molecule has 0 N–H and O–H groups in total. The summed E-state index contributed by atoms with van der Waals surface area (Å²) in [6.45, 7) is 4.41. The molecule has 0 saturated carbocycles. The molecule has 0 nitrogen and oxygen atoms in total. The van der Waals surface area contributed by atoms with Gasteiger partial charge in [0.1, 0.15) is 0 Å². The fourth-order valence-corrected chi connectivity index (χ4v) is 20.4. The van der Waals surface area contributed by atoms with Crippen molar-refractivity contribution in [3.63, 3.8) is 0 Å². The van der Waals surface area contributed by atoms with Gasteiger partial charge in [-0.25, -0.2) is 0 Å². The fraction of sp³-hybridized carbons (Fsp3) is 0.273. The summed E-state index contributed by atoms with van der Waals surface area (Å²) >= 11 is -2.17. The van der Waals surface area contributed by atoms with Gasteiger partial charge in [-0.05, 0) is 0 Å². The molecule has 1 fully saturated rings. The second kappa shape index (κ2) is 6.84. The molecule has 3 aliphatic rings. The van der Waals surface area contributed by atoms with Gasteiger partial charge in [-0.3, -0.25) is 0 Å². The Morgan fingerprint density at radius 2 is 1.16 bits per heavy atom. The first kappa shape index (κ1) is 19.2. The number of allylic oxidation sites excluding steroid dienone is 2. The van der Waals surface area contributed by atoms with E-state index >= 15 is 0 Å². The predicted molar refractivity (Wildman–Crippen MR) is 95.5 cm³/mol. The van der Waals surface area contributed by atoms with Gasteiger partial charge in [0.05, 0.1) is 0 Å². The number of hydrogen-bond donors (Lipinski definition) is 0. The van der Waals surface area contributed by atoms with Crippen molar-refractivity contribution in [2.24, 2.45) is 0 Å². The Kier molecular flexibility index (Phi) is 5.24. The van der Waals surface area contributed by atoms with Crippen LogP contribution in [0.25, 0.3) is 12.2 Å². The third kappa shape index (κ3) is 2.93. The zero-order valence-electron chi connectivity index (χ0n) is 14.6. The molecule has 0 aromatic heterocycles. The minimum atomic E-state index is -2.17. The van der Waals surface area contributed by atoms with Crippen molar-refractivity contribution < 1.29 is 45.1 Å². The first-order valence-corrected chi connectivity index (χ1v) is 15.1. The second-order valence-electron chi connectivity index (χ2n) is 7.67. The van der Waals surface area contributed by atoms with Crippen LogP contribution in [-0.2, 0) is 20.3 Å². The number of benzene rings is 2. The Morgan fingerprint density at radius 1 is 0.720 bits per heavy atom. The maximum absolute atomic E-state index is 2.56. The molecule has 1 heterocycles. The molecular formula is C22H22Cl2Zr. The van der Waals surface area contributed by atoms with Crippen molar-refractivity contribution in [1.82, 2.24) is 0 Å². The van der Waals surface area contributed by atoms with E-state index in [-0.39, 0.29) is 24.8 Å². The maximum Gasteiger partial charge on any atom is -1.00 e. The van der Waals surface area contributed by atoms with Crippen LogP contribution < -0.4 is 24.8 Å². The van der Waals surface area contributed by atoms with Gasteiger partial charge in [0, 0.05) is 0 Å². The average Bonchev–Trinajstić information content (AvgIpc) is 3.04. The topological polar surface area (TPSA) is 0 Å². The van der Waals surface area contributed by atoms with Crippen molar-refractivity contribution >= 4 is 12.2 Å². The van der Waals surface area contributed by atoms with Crippen LogP contribution >= 0.6 is 0 Å². The molecule has 3 heteroatoms. The molecule has 5 rings (SSSR count). The number of halogens is 2. The van der Waals surface area contributed by atoms with Crippen LogP contribution in [0, 0.1) is 13.8 Å².